The summed E-state index contributed by atoms with van der Waals surface area (Å²) in [6.07, 6.45) is 5.64. The molecule has 1 aliphatic rings. The van der Waals surface area contributed by atoms with E-state index in [0.29, 0.717) is 41.7 Å². The molecule has 27 heavy (non-hydrogen) atoms. The van der Waals surface area contributed by atoms with Gasteiger partial charge in [-0.15, -0.1) is 0 Å². The van der Waals surface area contributed by atoms with E-state index in [1.165, 1.54) is 0 Å². The van der Waals surface area contributed by atoms with E-state index in [2.05, 4.69) is 20.2 Å². The van der Waals surface area contributed by atoms with Crippen LogP contribution < -0.4 is 14.8 Å². The number of nitrogens with zero attached hydrogens (tertiary/aromatic N) is 3. The van der Waals surface area contributed by atoms with E-state index in [0.717, 1.165) is 38.0 Å². The molecular weight excluding hydrogens is 364 g/mol. The second kappa shape index (κ2) is 9.76. The number of halogens is 1. The van der Waals surface area contributed by atoms with Gasteiger partial charge in [0.25, 0.3) is 0 Å². The van der Waals surface area contributed by atoms with Crippen LogP contribution in [-0.4, -0.2) is 47.2 Å². The first-order valence-corrected chi connectivity index (χ1v) is 9.91. The lowest BCUT2D eigenvalue weighted by Crippen LogP contribution is -2.38. The number of nitrogens with one attached hydrogen (secondary N) is 1. The maximum absolute atomic E-state index is 6.39. The Morgan fingerprint density at radius 3 is 2.22 bits per heavy atom. The van der Waals surface area contributed by atoms with Crippen LogP contribution in [0.25, 0.3) is 0 Å². The molecule has 0 amide bonds. The van der Waals surface area contributed by atoms with Crippen molar-refractivity contribution in [3.05, 3.63) is 41.2 Å². The Kier molecular flexibility index (Phi) is 7.12. The Balaban J connectivity index is 1.59. The fraction of sp³-hybridized carbons (Fsp3) is 0.500. The lowest BCUT2D eigenvalue weighted by atomic mass is 10.0. The van der Waals surface area contributed by atoms with E-state index in [9.17, 15) is 0 Å². The predicted molar refractivity (Wildman–Crippen MR) is 108 cm³/mol. The summed E-state index contributed by atoms with van der Waals surface area (Å²) in [6.45, 7) is 7.95. The average Bonchev–Trinajstić information content (AvgIpc) is 2.68. The third kappa shape index (κ3) is 5.47. The van der Waals surface area contributed by atoms with Crippen molar-refractivity contribution in [1.29, 1.82) is 0 Å². The minimum atomic E-state index is 0.409. The lowest BCUT2D eigenvalue weighted by Gasteiger charge is -2.32. The van der Waals surface area contributed by atoms with Gasteiger partial charge in [0.1, 0.15) is 16.5 Å². The molecule has 146 valence electrons. The van der Waals surface area contributed by atoms with Crippen LogP contribution in [0, 0.1) is 0 Å². The summed E-state index contributed by atoms with van der Waals surface area (Å²) < 4.78 is 11.4. The second-order valence-electron chi connectivity index (χ2n) is 6.54. The molecule has 0 atom stereocenters. The largest absolute Gasteiger partial charge is 0.492 e. The molecule has 3 rings (SSSR count). The average molecular weight is 391 g/mol. The normalized spacial score (nSPS) is 15.5. The molecule has 2 heterocycles. The zero-order valence-corrected chi connectivity index (χ0v) is 16.7. The fourth-order valence-electron chi connectivity index (χ4n) is 3.29. The highest BCUT2D eigenvalue weighted by atomic mass is 35.5. The molecule has 0 bridgehead atoms. The van der Waals surface area contributed by atoms with Gasteiger partial charge in [0.05, 0.1) is 13.2 Å². The molecular formula is C20H27ClN4O2. The van der Waals surface area contributed by atoms with Crippen molar-refractivity contribution < 1.29 is 9.47 Å². The maximum Gasteiger partial charge on any atom is 0.222 e. The number of aromatic nitrogens is 2. The van der Waals surface area contributed by atoms with Crippen LogP contribution in [0.4, 0.5) is 5.95 Å². The number of benzene rings is 1. The Labute approximate surface area is 165 Å². The van der Waals surface area contributed by atoms with Crippen molar-refractivity contribution in [1.82, 2.24) is 14.9 Å². The smallest absolute Gasteiger partial charge is 0.222 e. The monoisotopic (exact) mass is 390 g/mol. The molecule has 0 spiro atoms. The van der Waals surface area contributed by atoms with Crippen LogP contribution in [0.15, 0.2) is 30.6 Å². The van der Waals surface area contributed by atoms with Gasteiger partial charge >= 0.3 is 0 Å². The molecule has 1 aromatic heterocycles. The number of ether oxygens (including phenoxy) is 2. The first kappa shape index (κ1) is 19.7. The minimum Gasteiger partial charge on any atom is -0.492 e. The Bertz CT molecular complexity index is 694. The highest BCUT2D eigenvalue weighted by Gasteiger charge is 2.21. The Hall–Kier alpha value is -2.05. The summed E-state index contributed by atoms with van der Waals surface area (Å²) in [6, 6.07) is 6.28. The van der Waals surface area contributed by atoms with Gasteiger partial charge in [-0.2, -0.15) is 0 Å². The molecule has 1 N–H and O–H groups in total. The van der Waals surface area contributed by atoms with Gasteiger partial charge in [-0.25, -0.2) is 9.97 Å². The van der Waals surface area contributed by atoms with Crippen LogP contribution in [0.1, 0.15) is 32.3 Å². The summed E-state index contributed by atoms with van der Waals surface area (Å²) in [4.78, 5) is 10.9. The van der Waals surface area contributed by atoms with Crippen molar-refractivity contribution in [3.63, 3.8) is 0 Å². The van der Waals surface area contributed by atoms with E-state index in [4.69, 9.17) is 21.1 Å². The molecule has 1 fully saturated rings. The zero-order valence-electron chi connectivity index (χ0n) is 15.9. The quantitative estimate of drug-likeness (QED) is 0.735. The molecule has 7 heteroatoms. The molecule has 1 aliphatic heterocycles. The van der Waals surface area contributed by atoms with Crippen molar-refractivity contribution in [2.45, 2.75) is 39.3 Å². The molecule has 0 unspecified atom stereocenters. The van der Waals surface area contributed by atoms with Crippen molar-refractivity contribution in [2.75, 3.05) is 31.6 Å². The van der Waals surface area contributed by atoms with Gasteiger partial charge in [-0.3, -0.25) is 4.90 Å². The Morgan fingerprint density at radius 2 is 1.67 bits per heavy atom. The number of hydrogen-bond acceptors (Lipinski definition) is 6. The minimum absolute atomic E-state index is 0.409. The van der Waals surface area contributed by atoms with Crippen LogP contribution in [-0.2, 0) is 6.54 Å². The van der Waals surface area contributed by atoms with Gasteiger partial charge < -0.3 is 14.8 Å². The summed E-state index contributed by atoms with van der Waals surface area (Å²) in [5.74, 6) is 2.09. The van der Waals surface area contributed by atoms with E-state index in [1.807, 2.05) is 32.0 Å². The van der Waals surface area contributed by atoms with Gasteiger partial charge in [-0.05, 0) is 50.5 Å². The molecule has 1 saturated heterocycles. The third-order valence-electron chi connectivity index (χ3n) is 4.56. The highest BCUT2D eigenvalue weighted by molar-refractivity contribution is 6.33. The van der Waals surface area contributed by atoms with Gasteiger partial charge in [-0.1, -0.05) is 11.6 Å². The maximum atomic E-state index is 6.39. The fourth-order valence-corrected chi connectivity index (χ4v) is 3.51. The standard InChI is InChI=1S/C20H27ClN4O2/c1-3-26-17-12-15(13-18(19(17)21)27-4-2)14-25-10-6-16(7-11-25)24-20-22-8-5-9-23-20/h5,8-9,12-13,16H,3-4,6-7,10-11,14H2,1-2H3,(H,22,23,24). The summed E-state index contributed by atoms with van der Waals surface area (Å²) in [5.41, 5.74) is 1.16. The first-order chi connectivity index (χ1) is 13.2. The van der Waals surface area contributed by atoms with Crippen LogP contribution in [0.5, 0.6) is 11.5 Å². The molecule has 6 nitrogen and oxygen atoms in total. The molecule has 0 saturated carbocycles. The van der Waals surface area contributed by atoms with Crippen LogP contribution in [0.3, 0.4) is 0 Å². The molecule has 1 aromatic carbocycles. The SMILES string of the molecule is CCOc1cc(CN2CCC(Nc3ncccn3)CC2)cc(OCC)c1Cl. The van der Waals surface area contributed by atoms with Crippen molar-refractivity contribution in [3.8, 4) is 11.5 Å². The van der Waals surface area contributed by atoms with Gasteiger partial charge in [0.15, 0.2) is 0 Å². The van der Waals surface area contributed by atoms with Gasteiger partial charge in [0, 0.05) is 38.1 Å². The molecule has 0 aliphatic carbocycles. The summed E-state index contributed by atoms with van der Waals surface area (Å²) >= 11 is 6.39. The van der Waals surface area contributed by atoms with E-state index in [1.54, 1.807) is 12.4 Å². The van der Waals surface area contributed by atoms with Crippen LogP contribution >= 0.6 is 11.6 Å². The van der Waals surface area contributed by atoms with E-state index in [-0.39, 0.29) is 0 Å². The van der Waals surface area contributed by atoms with Gasteiger partial charge in [0.2, 0.25) is 5.95 Å². The topological polar surface area (TPSA) is 59.5 Å². The zero-order chi connectivity index (χ0) is 19.1. The summed E-state index contributed by atoms with van der Waals surface area (Å²) in [7, 11) is 0. The third-order valence-corrected chi connectivity index (χ3v) is 4.93. The van der Waals surface area contributed by atoms with Crippen LogP contribution in [0.2, 0.25) is 5.02 Å². The number of rotatable bonds is 8. The number of hydrogen-bond donors (Lipinski definition) is 1. The van der Waals surface area contributed by atoms with Crippen molar-refractivity contribution >= 4 is 17.5 Å². The highest BCUT2D eigenvalue weighted by Crippen LogP contribution is 2.36. The predicted octanol–water partition coefficient (Wildman–Crippen LogP) is 4.00. The molecule has 2 aromatic rings. The second-order valence-corrected chi connectivity index (χ2v) is 6.92. The number of anilines is 1. The van der Waals surface area contributed by atoms with Crippen molar-refractivity contribution in [2.24, 2.45) is 0 Å². The van der Waals surface area contributed by atoms with E-state index >= 15 is 0 Å². The molecule has 0 radical (unpaired) electrons. The number of piperidine rings is 1. The van der Waals surface area contributed by atoms with E-state index < -0.39 is 0 Å². The Morgan fingerprint density at radius 1 is 1.07 bits per heavy atom. The first-order valence-electron chi connectivity index (χ1n) is 9.53. The lowest BCUT2D eigenvalue weighted by molar-refractivity contribution is 0.210. The number of likely N-dealkylation sites (tertiary alicyclic amines) is 1. The summed E-state index contributed by atoms with van der Waals surface area (Å²) in [5, 5.41) is 3.97.